The number of rotatable bonds is 7. The Kier molecular flexibility index (Phi) is 5.66. The van der Waals surface area contributed by atoms with E-state index in [-0.39, 0.29) is 11.5 Å². The highest BCUT2D eigenvalue weighted by molar-refractivity contribution is 5.81. The molecule has 0 amide bonds. The molecule has 0 saturated carbocycles. The number of hydrogen-bond acceptors (Lipinski definition) is 6. The van der Waals surface area contributed by atoms with E-state index in [0.29, 0.717) is 12.5 Å². The number of Topliss-reactive ketones (excluding diaryl/α,β-unsaturated/α-hetero) is 1. The van der Waals surface area contributed by atoms with Gasteiger partial charge in [-0.05, 0) is 56.3 Å². The molecule has 0 spiro atoms. The van der Waals surface area contributed by atoms with Crippen LogP contribution in [0.25, 0.3) is 11.3 Å². The summed E-state index contributed by atoms with van der Waals surface area (Å²) in [6.07, 6.45) is 1.70. The van der Waals surface area contributed by atoms with Gasteiger partial charge in [0.15, 0.2) is 0 Å². The van der Waals surface area contributed by atoms with Crippen LogP contribution in [-0.4, -0.2) is 33.9 Å². The van der Waals surface area contributed by atoms with E-state index < -0.39 is 0 Å². The third-order valence-electron chi connectivity index (χ3n) is 4.08. The van der Waals surface area contributed by atoms with Crippen LogP contribution in [0.15, 0.2) is 60.8 Å². The maximum atomic E-state index is 11.5. The Morgan fingerprint density at radius 1 is 1.15 bits per heavy atom. The molecule has 0 atom stereocenters. The maximum absolute atomic E-state index is 11.5. The van der Waals surface area contributed by atoms with Crippen molar-refractivity contribution in [2.45, 2.75) is 13.8 Å². The molecule has 0 saturated heterocycles. The molecule has 0 aliphatic heterocycles. The lowest BCUT2D eigenvalue weighted by Gasteiger charge is -2.22. The Labute approximate surface area is 158 Å². The van der Waals surface area contributed by atoms with Gasteiger partial charge in [0.2, 0.25) is 5.95 Å². The van der Waals surface area contributed by atoms with Crippen LogP contribution in [0.1, 0.15) is 13.8 Å². The van der Waals surface area contributed by atoms with E-state index in [4.69, 9.17) is 0 Å². The Hall–Kier alpha value is -3.41. The van der Waals surface area contributed by atoms with Gasteiger partial charge in [0, 0.05) is 29.7 Å². The van der Waals surface area contributed by atoms with E-state index in [9.17, 15) is 9.90 Å². The average molecular weight is 362 g/mol. The van der Waals surface area contributed by atoms with Gasteiger partial charge < -0.3 is 15.3 Å². The van der Waals surface area contributed by atoms with Gasteiger partial charge in [-0.15, -0.1) is 0 Å². The molecule has 0 radical (unpaired) electrons. The smallest absolute Gasteiger partial charge is 0.227 e. The van der Waals surface area contributed by atoms with Crippen LogP contribution >= 0.6 is 0 Å². The first kappa shape index (κ1) is 18.4. The molecule has 1 heterocycles. The van der Waals surface area contributed by atoms with Crippen LogP contribution in [0.5, 0.6) is 5.75 Å². The number of aromatic hydroxyl groups is 1. The Balaban J connectivity index is 1.85. The minimum absolute atomic E-state index is 0.129. The predicted molar refractivity (Wildman–Crippen MR) is 107 cm³/mol. The second kappa shape index (κ2) is 8.31. The highest BCUT2D eigenvalue weighted by Gasteiger charge is 2.09. The first-order valence-electron chi connectivity index (χ1n) is 8.79. The van der Waals surface area contributed by atoms with Crippen LogP contribution in [0.4, 0.5) is 17.3 Å². The van der Waals surface area contributed by atoms with Gasteiger partial charge >= 0.3 is 0 Å². The van der Waals surface area contributed by atoms with E-state index in [1.165, 1.54) is 0 Å². The summed E-state index contributed by atoms with van der Waals surface area (Å²) in [6, 6.07) is 16.5. The Bertz CT molecular complexity index is 925. The topological polar surface area (TPSA) is 78.4 Å². The molecule has 0 unspecified atom stereocenters. The van der Waals surface area contributed by atoms with E-state index in [0.717, 1.165) is 29.2 Å². The number of nitrogens with one attached hydrogen (secondary N) is 1. The van der Waals surface area contributed by atoms with Crippen LogP contribution in [0.2, 0.25) is 0 Å². The quantitative estimate of drug-likeness (QED) is 0.618. The van der Waals surface area contributed by atoms with Crippen molar-refractivity contribution in [3.05, 3.63) is 60.8 Å². The summed E-state index contributed by atoms with van der Waals surface area (Å²) in [7, 11) is 0. The van der Waals surface area contributed by atoms with Crippen LogP contribution in [0.3, 0.4) is 0 Å². The molecule has 3 aromatic rings. The number of likely N-dealkylation sites (N-methyl/N-ethyl adjacent to an activating group) is 1. The number of ketones is 1. The molecule has 0 aliphatic rings. The van der Waals surface area contributed by atoms with Gasteiger partial charge in [-0.3, -0.25) is 4.79 Å². The van der Waals surface area contributed by atoms with Crippen molar-refractivity contribution >= 4 is 23.1 Å². The molecule has 27 heavy (non-hydrogen) atoms. The van der Waals surface area contributed by atoms with Crippen molar-refractivity contribution in [1.82, 2.24) is 9.97 Å². The molecule has 0 bridgehead atoms. The van der Waals surface area contributed by atoms with Crippen LogP contribution < -0.4 is 10.2 Å². The summed E-state index contributed by atoms with van der Waals surface area (Å²) < 4.78 is 0. The van der Waals surface area contributed by atoms with Crippen molar-refractivity contribution in [2.75, 3.05) is 23.3 Å². The minimum Gasteiger partial charge on any atom is -0.508 e. The van der Waals surface area contributed by atoms with Gasteiger partial charge in [0.25, 0.3) is 0 Å². The molecule has 1 aromatic heterocycles. The zero-order valence-corrected chi connectivity index (χ0v) is 15.4. The second-order valence-electron chi connectivity index (χ2n) is 6.20. The summed E-state index contributed by atoms with van der Waals surface area (Å²) in [5, 5.41) is 12.5. The molecule has 6 nitrogen and oxygen atoms in total. The fourth-order valence-electron chi connectivity index (χ4n) is 2.77. The third kappa shape index (κ3) is 4.82. The van der Waals surface area contributed by atoms with Crippen molar-refractivity contribution in [1.29, 1.82) is 0 Å². The molecular formula is C21H22N4O2. The first-order valence-corrected chi connectivity index (χ1v) is 8.79. The monoisotopic (exact) mass is 362 g/mol. The number of carbonyl (C=O) groups is 1. The maximum Gasteiger partial charge on any atom is 0.227 e. The number of carbonyl (C=O) groups excluding carboxylic acids is 1. The number of phenolic OH excluding ortho intramolecular Hbond substituents is 1. The summed E-state index contributed by atoms with van der Waals surface area (Å²) in [6.45, 7) is 4.76. The number of hydrogen-bond donors (Lipinski definition) is 2. The molecular weight excluding hydrogens is 340 g/mol. The fourth-order valence-corrected chi connectivity index (χ4v) is 2.77. The zero-order valence-electron chi connectivity index (χ0n) is 15.4. The number of aromatic nitrogens is 2. The largest absolute Gasteiger partial charge is 0.508 e. The summed E-state index contributed by atoms with van der Waals surface area (Å²) in [5.41, 5.74) is 3.51. The lowest BCUT2D eigenvalue weighted by Crippen LogP contribution is -2.28. The first-order chi connectivity index (χ1) is 13.0. The average Bonchev–Trinajstić information content (AvgIpc) is 2.68. The normalized spacial score (nSPS) is 10.4. The van der Waals surface area contributed by atoms with Crippen molar-refractivity contribution in [2.24, 2.45) is 0 Å². The van der Waals surface area contributed by atoms with E-state index in [1.807, 2.05) is 42.2 Å². The van der Waals surface area contributed by atoms with E-state index in [1.54, 1.807) is 37.4 Å². The van der Waals surface area contributed by atoms with E-state index >= 15 is 0 Å². The van der Waals surface area contributed by atoms with Gasteiger partial charge in [-0.25, -0.2) is 9.97 Å². The fraction of sp³-hybridized carbons (Fsp3) is 0.190. The summed E-state index contributed by atoms with van der Waals surface area (Å²) in [5.74, 6) is 0.808. The standard InChI is InChI=1S/C21H22N4O2/c1-3-25(14-15(2)26)18-6-4-5-16(13-18)20-11-12-22-21(24-20)23-17-7-9-19(27)10-8-17/h4-13,27H,3,14H2,1-2H3,(H,22,23,24). The number of nitrogens with zero attached hydrogens (tertiary/aromatic N) is 3. The number of benzene rings is 2. The third-order valence-corrected chi connectivity index (χ3v) is 4.08. The van der Waals surface area contributed by atoms with Gasteiger partial charge in [-0.1, -0.05) is 12.1 Å². The van der Waals surface area contributed by atoms with E-state index in [2.05, 4.69) is 15.3 Å². The van der Waals surface area contributed by atoms with Gasteiger partial charge in [0.05, 0.1) is 12.2 Å². The molecule has 3 rings (SSSR count). The molecule has 138 valence electrons. The van der Waals surface area contributed by atoms with Gasteiger partial charge in [-0.2, -0.15) is 0 Å². The summed E-state index contributed by atoms with van der Waals surface area (Å²) in [4.78, 5) is 22.4. The highest BCUT2D eigenvalue weighted by atomic mass is 16.3. The van der Waals surface area contributed by atoms with Crippen molar-refractivity contribution in [3.8, 4) is 17.0 Å². The van der Waals surface area contributed by atoms with Crippen molar-refractivity contribution in [3.63, 3.8) is 0 Å². The van der Waals surface area contributed by atoms with Crippen LogP contribution in [0, 0.1) is 0 Å². The highest BCUT2D eigenvalue weighted by Crippen LogP contribution is 2.25. The molecule has 2 N–H and O–H groups in total. The SMILES string of the molecule is CCN(CC(C)=O)c1cccc(-c2ccnc(Nc3ccc(O)cc3)n2)c1. The number of anilines is 3. The second-order valence-corrected chi connectivity index (χ2v) is 6.20. The number of phenols is 1. The lowest BCUT2D eigenvalue weighted by molar-refractivity contribution is -0.115. The Morgan fingerprint density at radius 3 is 2.63 bits per heavy atom. The predicted octanol–water partition coefficient (Wildman–Crippen LogP) is 4.01. The van der Waals surface area contributed by atoms with Crippen molar-refractivity contribution < 1.29 is 9.90 Å². The Morgan fingerprint density at radius 2 is 1.93 bits per heavy atom. The zero-order chi connectivity index (χ0) is 19.2. The minimum atomic E-state index is 0.129. The lowest BCUT2D eigenvalue weighted by atomic mass is 10.1. The molecule has 0 aliphatic carbocycles. The van der Waals surface area contributed by atoms with Gasteiger partial charge in [0.1, 0.15) is 11.5 Å². The van der Waals surface area contributed by atoms with Crippen LogP contribution in [-0.2, 0) is 4.79 Å². The molecule has 2 aromatic carbocycles. The molecule has 6 heteroatoms. The molecule has 0 fully saturated rings. The summed E-state index contributed by atoms with van der Waals surface area (Å²) >= 11 is 0.